The van der Waals surface area contributed by atoms with Gasteiger partial charge in [-0.15, -0.1) is 0 Å². The van der Waals surface area contributed by atoms with Crippen molar-refractivity contribution in [2.45, 2.75) is 25.8 Å². The summed E-state index contributed by atoms with van der Waals surface area (Å²) >= 11 is 0. The molecule has 1 unspecified atom stereocenters. The summed E-state index contributed by atoms with van der Waals surface area (Å²) in [7, 11) is 0. The van der Waals surface area contributed by atoms with Gasteiger partial charge in [0.05, 0.1) is 18.3 Å². The molecule has 16 heavy (non-hydrogen) atoms. The average Bonchev–Trinajstić information content (AvgIpc) is 2.70. The van der Waals surface area contributed by atoms with Crippen molar-refractivity contribution in [1.82, 2.24) is 14.4 Å². The molecule has 0 bridgehead atoms. The molecule has 5 nitrogen and oxygen atoms in total. The van der Waals surface area contributed by atoms with E-state index in [0.29, 0.717) is 11.7 Å². The number of hydrogen-bond donors (Lipinski definition) is 2. The molecular formula is C11H16N4O. The average molecular weight is 220 g/mol. The fourth-order valence-corrected chi connectivity index (χ4v) is 1.49. The van der Waals surface area contributed by atoms with E-state index in [1.54, 1.807) is 6.20 Å². The summed E-state index contributed by atoms with van der Waals surface area (Å²) in [6, 6.07) is -0.387. The lowest BCUT2D eigenvalue weighted by atomic mass is 10.2. The SMILES string of the molecule is CC(C)c1cn2cc(C(N)CO)cnc2n1. The van der Waals surface area contributed by atoms with Gasteiger partial charge in [-0.2, -0.15) is 0 Å². The predicted octanol–water partition coefficient (Wildman–Crippen LogP) is 0.845. The lowest BCUT2D eigenvalue weighted by Gasteiger charge is -2.07. The molecule has 2 rings (SSSR count). The van der Waals surface area contributed by atoms with Gasteiger partial charge in [0.15, 0.2) is 0 Å². The summed E-state index contributed by atoms with van der Waals surface area (Å²) in [5.41, 5.74) is 7.54. The highest BCUT2D eigenvalue weighted by Gasteiger charge is 2.09. The van der Waals surface area contributed by atoms with Crippen molar-refractivity contribution >= 4 is 5.78 Å². The molecule has 2 aromatic heterocycles. The van der Waals surface area contributed by atoms with E-state index < -0.39 is 0 Å². The minimum atomic E-state index is -0.387. The Balaban J connectivity index is 2.45. The van der Waals surface area contributed by atoms with E-state index in [4.69, 9.17) is 10.8 Å². The summed E-state index contributed by atoms with van der Waals surface area (Å²) in [5, 5.41) is 8.98. The summed E-state index contributed by atoms with van der Waals surface area (Å²) in [6.07, 6.45) is 5.47. The first kappa shape index (κ1) is 11.0. The van der Waals surface area contributed by atoms with E-state index in [0.717, 1.165) is 11.3 Å². The zero-order valence-corrected chi connectivity index (χ0v) is 9.46. The van der Waals surface area contributed by atoms with Crippen molar-refractivity contribution in [3.8, 4) is 0 Å². The molecule has 5 heteroatoms. The topological polar surface area (TPSA) is 76.4 Å². The van der Waals surface area contributed by atoms with Gasteiger partial charge in [-0.05, 0) is 5.92 Å². The molecule has 1 atom stereocenters. The van der Waals surface area contributed by atoms with Crippen LogP contribution in [0.5, 0.6) is 0 Å². The van der Waals surface area contributed by atoms with Crippen LogP contribution in [0.4, 0.5) is 0 Å². The highest BCUT2D eigenvalue weighted by Crippen LogP contribution is 2.15. The lowest BCUT2D eigenvalue weighted by Crippen LogP contribution is -2.15. The maximum absolute atomic E-state index is 8.98. The van der Waals surface area contributed by atoms with Crippen LogP contribution in [0, 0.1) is 0 Å². The number of nitrogens with two attached hydrogens (primary N) is 1. The molecule has 0 aliphatic carbocycles. The second-order valence-corrected chi connectivity index (χ2v) is 4.20. The number of aliphatic hydroxyl groups excluding tert-OH is 1. The molecule has 2 heterocycles. The minimum Gasteiger partial charge on any atom is -0.394 e. The number of imidazole rings is 1. The fourth-order valence-electron chi connectivity index (χ4n) is 1.49. The number of fused-ring (bicyclic) bond motifs is 1. The molecule has 86 valence electrons. The summed E-state index contributed by atoms with van der Waals surface area (Å²) in [5.74, 6) is 1.04. The van der Waals surface area contributed by atoms with Crippen LogP contribution < -0.4 is 5.73 Å². The van der Waals surface area contributed by atoms with Gasteiger partial charge >= 0.3 is 0 Å². The van der Waals surface area contributed by atoms with Crippen molar-refractivity contribution in [1.29, 1.82) is 0 Å². The molecule has 0 fully saturated rings. The van der Waals surface area contributed by atoms with Crippen LogP contribution in [0.15, 0.2) is 18.6 Å². The Hall–Kier alpha value is -1.46. The molecular weight excluding hydrogens is 204 g/mol. The van der Waals surface area contributed by atoms with Gasteiger partial charge in [0.25, 0.3) is 0 Å². The zero-order chi connectivity index (χ0) is 11.7. The van der Waals surface area contributed by atoms with Gasteiger partial charge in [0.2, 0.25) is 5.78 Å². The van der Waals surface area contributed by atoms with Crippen LogP contribution in [-0.2, 0) is 0 Å². The predicted molar refractivity (Wildman–Crippen MR) is 61.1 cm³/mol. The van der Waals surface area contributed by atoms with Crippen LogP contribution >= 0.6 is 0 Å². The third-order valence-electron chi connectivity index (χ3n) is 2.57. The van der Waals surface area contributed by atoms with Crippen molar-refractivity contribution in [3.63, 3.8) is 0 Å². The molecule has 0 saturated carbocycles. The molecule has 2 aromatic rings. The highest BCUT2D eigenvalue weighted by atomic mass is 16.3. The van der Waals surface area contributed by atoms with Crippen molar-refractivity contribution in [3.05, 3.63) is 29.8 Å². The lowest BCUT2D eigenvalue weighted by molar-refractivity contribution is 0.267. The molecule has 0 spiro atoms. The zero-order valence-electron chi connectivity index (χ0n) is 9.46. The number of hydrogen-bond acceptors (Lipinski definition) is 4. The highest BCUT2D eigenvalue weighted by molar-refractivity contribution is 5.33. The van der Waals surface area contributed by atoms with E-state index in [1.165, 1.54) is 0 Å². The Labute approximate surface area is 93.9 Å². The Morgan fingerprint density at radius 3 is 2.81 bits per heavy atom. The first-order valence-electron chi connectivity index (χ1n) is 5.32. The smallest absolute Gasteiger partial charge is 0.233 e. The summed E-state index contributed by atoms with van der Waals surface area (Å²) in [6.45, 7) is 4.09. The fraction of sp³-hybridized carbons (Fsp3) is 0.455. The Morgan fingerprint density at radius 2 is 2.19 bits per heavy atom. The summed E-state index contributed by atoms with van der Waals surface area (Å²) in [4.78, 5) is 8.60. The van der Waals surface area contributed by atoms with E-state index in [1.807, 2.05) is 16.8 Å². The second-order valence-electron chi connectivity index (χ2n) is 4.20. The maximum Gasteiger partial charge on any atom is 0.233 e. The Morgan fingerprint density at radius 1 is 1.44 bits per heavy atom. The second kappa shape index (κ2) is 4.19. The third-order valence-corrected chi connectivity index (χ3v) is 2.57. The third kappa shape index (κ3) is 1.91. The maximum atomic E-state index is 8.98. The Kier molecular flexibility index (Phi) is 2.89. The molecule has 0 aliphatic rings. The monoisotopic (exact) mass is 220 g/mol. The van der Waals surface area contributed by atoms with Crippen molar-refractivity contribution in [2.24, 2.45) is 5.73 Å². The van der Waals surface area contributed by atoms with Crippen LogP contribution in [0.3, 0.4) is 0 Å². The molecule has 0 saturated heterocycles. The van der Waals surface area contributed by atoms with Crippen LogP contribution in [0.2, 0.25) is 0 Å². The van der Waals surface area contributed by atoms with E-state index in [9.17, 15) is 0 Å². The first-order chi connectivity index (χ1) is 7.61. The van der Waals surface area contributed by atoms with Gasteiger partial charge in [0, 0.05) is 24.2 Å². The first-order valence-corrected chi connectivity index (χ1v) is 5.32. The molecule has 3 N–H and O–H groups in total. The normalized spacial score (nSPS) is 13.6. The molecule has 0 amide bonds. The van der Waals surface area contributed by atoms with Gasteiger partial charge in [-0.3, -0.25) is 4.40 Å². The van der Waals surface area contributed by atoms with Gasteiger partial charge in [-0.1, -0.05) is 13.8 Å². The van der Waals surface area contributed by atoms with Crippen molar-refractivity contribution in [2.75, 3.05) is 6.61 Å². The number of nitrogens with zero attached hydrogens (tertiary/aromatic N) is 3. The molecule has 0 aromatic carbocycles. The number of aromatic nitrogens is 3. The van der Waals surface area contributed by atoms with Crippen LogP contribution in [-0.4, -0.2) is 26.1 Å². The largest absolute Gasteiger partial charge is 0.394 e. The van der Waals surface area contributed by atoms with E-state index in [2.05, 4.69) is 23.8 Å². The number of rotatable bonds is 3. The molecule has 0 aliphatic heterocycles. The van der Waals surface area contributed by atoms with E-state index >= 15 is 0 Å². The van der Waals surface area contributed by atoms with Gasteiger partial charge in [-0.25, -0.2) is 9.97 Å². The Bertz CT molecular complexity index is 492. The van der Waals surface area contributed by atoms with Crippen LogP contribution in [0.1, 0.15) is 37.1 Å². The quantitative estimate of drug-likeness (QED) is 0.803. The number of aliphatic hydroxyl groups is 1. The van der Waals surface area contributed by atoms with E-state index in [-0.39, 0.29) is 12.6 Å². The van der Waals surface area contributed by atoms with Crippen molar-refractivity contribution < 1.29 is 5.11 Å². The van der Waals surface area contributed by atoms with Gasteiger partial charge < -0.3 is 10.8 Å². The van der Waals surface area contributed by atoms with Gasteiger partial charge in [0.1, 0.15) is 0 Å². The molecule has 0 radical (unpaired) electrons. The summed E-state index contributed by atoms with van der Waals surface area (Å²) < 4.78 is 1.85. The minimum absolute atomic E-state index is 0.0844. The standard InChI is InChI=1S/C11H16N4O/c1-7(2)10-5-15-4-8(9(12)6-16)3-13-11(15)14-10/h3-5,7,9,16H,6,12H2,1-2H3. The van der Waals surface area contributed by atoms with Crippen LogP contribution in [0.25, 0.3) is 5.78 Å².